The molecule has 84 valence electrons. The smallest absolute Gasteiger partial charge is 0.149 e. The van der Waals surface area contributed by atoms with Crippen LogP contribution in [0.5, 0.6) is 0 Å². The van der Waals surface area contributed by atoms with Crippen LogP contribution in [0.1, 0.15) is 12.7 Å². The maximum Gasteiger partial charge on any atom is 0.149 e. The van der Waals surface area contributed by atoms with Crippen LogP contribution in [0.25, 0.3) is 0 Å². The molecule has 5 heteroatoms. The highest BCUT2D eigenvalue weighted by atomic mass is 16.3. The second-order valence-corrected chi connectivity index (χ2v) is 3.40. The maximum absolute atomic E-state index is 5.60. The number of nitrogens with zero attached hydrogens (tertiary/aromatic N) is 3. The van der Waals surface area contributed by atoms with E-state index < -0.39 is 0 Å². The third-order valence-corrected chi connectivity index (χ3v) is 2.27. The summed E-state index contributed by atoms with van der Waals surface area (Å²) in [5.74, 6) is 2.08. The lowest BCUT2D eigenvalue weighted by Gasteiger charge is -2.20. The highest BCUT2D eigenvalue weighted by molar-refractivity contribution is 5.41. The molecule has 0 aliphatic heterocycles. The Hall–Kier alpha value is -2.04. The Bertz CT molecular complexity index is 441. The van der Waals surface area contributed by atoms with Gasteiger partial charge in [0.05, 0.1) is 25.2 Å². The average Bonchev–Trinajstić information content (AvgIpc) is 2.78. The molecule has 16 heavy (non-hydrogen) atoms. The second-order valence-electron chi connectivity index (χ2n) is 3.40. The molecule has 5 nitrogen and oxygen atoms in total. The predicted octanol–water partition coefficient (Wildman–Crippen LogP) is 1.68. The van der Waals surface area contributed by atoms with E-state index in [1.165, 1.54) is 6.20 Å². The van der Waals surface area contributed by atoms with Crippen LogP contribution in [0.2, 0.25) is 0 Å². The van der Waals surface area contributed by atoms with E-state index in [1.807, 2.05) is 24.0 Å². The van der Waals surface area contributed by atoms with Crippen molar-refractivity contribution in [2.24, 2.45) is 0 Å². The number of rotatable bonds is 4. The lowest BCUT2D eigenvalue weighted by Crippen LogP contribution is -2.23. The predicted molar refractivity (Wildman–Crippen MR) is 61.9 cm³/mol. The van der Waals surface area contributed by atoms with Crippen molar-refractivity contribution < 1.29 is 4.42 Å². The molecule has 2 N–H and O–H groups in total. The summed E-state index contributed by atoms with van der Waals surface area (Å²) in [7, 11) is 0. The molecule has 2 aromatic rings. The first-order chi connectivity index (χ1) is 7.79. The van der Waals surface area contributed by atoms with Crippen molar-refractivity contribution in [1.29, 1.82) is 0 Å². The summed E-state index contributed by atoms with van der Waals surface area (Å²) in [4.78, 5) is 10.3. The number of nitrogens with two attached hydrogens (primary N) is 1. The molecular formula is C11H14N4O. The van der Waals surface area contributed by atoms with Crippen LogP contribution in [-0.4, -0.2) is 16.5 Å². The molecule has 0 aromatic carbocycles. The molecule has 0 unspecified atom stereocenters. The standard InChI is InChI=1S/C11H14N4O/c1-2-15(8-9-4-3-5-16-9)11-7-13-6-10(12)14-11/h3-7H,2,8H2,1H3,(H2,12,14). The van der Waals surface area contributed by atoms with E-state index >= 15 is 0 Å². The molecule has 0 spiro atoms. The first kappa shape index (κ1) is 10.5. The van der Waals surface area contributed by atoms with Crippen LogP contribution < -0.4 is 10.6 Å². The zero-order valence-electron chi connectivity index (χ0n) is 9.13. The van der Waals surface area contributed by atoms with Crippen molar-refractivity contribution in [1.82, 2.24) is 9.97 Å². The lowest BCUT2D eigenvalue weighted by atomic mass is 10.4. The number of hydrogen-bond donors (Lipinski definition) is 1. The first-order valence-corrected chi connectivity index (χ1v) is 5.14. The Morgan fingerprint density at radius 1 is 1.44 bits per heavy atom. The largest absolute Gasteiger partial charge is 0.467 e. The molecule has 0 radical (unpaired) electrons. The van der Waals surface area contributed by atoms with Gasteiger partial charge in [0.2, 0.25) is 0 Å². The maximum atomic E-state index is 5.60. The van der Waals surface area contributed by atoms with E-state index in [0.29, 0.717) is 12.4 Å². The van der Waals surface area contributed by atoms with Gasteiger partial charge >= 0.3 is 0 Å². The number of aromatic nitrogens is 2. The summed E-state index contributed by atoms with van der Waals surface area (Å²) in [6.45, 7) is 3.54. The van der Waals surface area contributed by atoms with Gasteiger partial charge in [0.1, 0.15) is 17.4 Å². The van der Waals surface area contributed by atoms with E-state index in [9.17, 15) is 0 Å². The van der Waals surface area contributed by atoms with Crippen molar-refractivity contribution in [3.8, 4) is 0 Å². The van der Waals surface area contributed by atoms with Gasteiger partial charge in [-0.25, -0.2) is 4.98 Å². The summed E-state index contributed by atoms with van der Waals surface area (Å²) < 4.78 is 5.30. The average molecular weight is 218 g/mol. The summed E-state index contributed by atoms with van der Waals surface area (Å²) >= 11 is 0. The Balaban J connectivity index is 2.16. The minimum Gasteiger partial charge on any atom is -0.467 e. The third kappa shape index (κ3) is 2.31. The van der Waals surface area contributed by atoms with Crippen molar-refractivity contribution >= 4 is 11.6 Å². The van der Waals surface area contributed by atoms with Crippen molar-refractivity contribution in [3.63, 3.8) is 0 Å². The van der Waals surface area contributed by atoms with Crippen LogP contribution in [0.4, 0.5) is 11.6 Å². The van der Waals surface area contributed by atoms with Crippen LogP contribution in [0.3, 0.4) is 0 Å². The zero-order chi connectivity index (χ0) is 11.4. The van der Waals surface area contributed by atoms with Crippen molar-refractivity contribution in [2.45, 2.75) is 13.5 Å². The number of nitrogen functional groups attached to an aromatic ring is 1. The fourth-order valence-electron chi connectivity index (χ4n) is 1.47. The monoisotopic (exact) mass is 218 g/mol. The van der Waals surface area contributed by atoms with E-state index in [0.717, 1.165) is 18.1 Å². The Morgan fingerprint density at radius 2 is 2.31 bits per heavy atom. The highest BCUT2D eigenvalue weighted by Gasteiger charge is 2.08. The third-order valence-electron chi connectivity index (χ3n) is 2.27. The summed E-state index contributed by atoms with van der Waals surface area (Å²) in [5.41, 5.74) is 5.60. The number of anilines is 2. The van der Waals surface area contributed by atoms with E-state index in [2.05, 4.69) is 9.97 Å². The molecule has 0 saturated carbocycles. The Morgan fingerprint density at radius 3 is 2.94 bits per heavy atom. The van der Waals surface area contributed by atoms with E-state index in [-0.39, 0.29) is 0 Å². The van der Waals surface area contributed by atoms with Crippen LogP contribution in [-0.2, 0) is 6.54 Å². The minimum absolute atomic E-state index is 0.426. The molecule has 2 aromatic heterocycles. The van der Waals surface area contributed by atoms with E-state index in [4.69, 9.17) is 10.2 Å². The number of hydrogen-bond acceptors (Lipinski definition) is 5. The molecule has 0 atom stereocenters. The quantitative estimate of drug-likeness (QED) is 0.845. The zero-order valence-corrected chi connectivity index (χ0v) is 9.13. The summed E-state index contributed by atoms with van der Waals surface area (Å²) in [6.07, 6.45) is 4.89. The number of furan rings is 1. The van der Waals surface area contributed by atoms with Gasteiger partial charge in [-0.15, -0.1) is 0 Å². The van der Waals surface area contributed by atoms with Crippen LogP contribution in [0.15, 0.2) is 35.2 Å². The van der Waals surface area contributed by atoms with Gasteiger partial charge in [-0.3, -0.25) is 4.98 Å². The van der Waals surface area contributed by atoms with Gasteiger partial charge in [-0.1, -0.05) is 0 Å². The molecule has 0 saturated heterocycles. The van der Waals surface area contributed by atoms with Gasteiger partial charge in [0, 0.05) is 6.54 Å². The van der Waals surface area contributed by atoms with Gasteiger partial charge in [-0.05, 0) is 19.1 Å². The minimum atomic E-state index is 0.426. The van der Waals surface area contributed by atoms with Gasteiger partial charge in [0.25, 0.3) is 0 Å². The molecule has 0 fully saturated rings. The second kappa shape index (κ2) is 4.65. The van der Waals surface area contributed by atoms with Crippen LogP contribution in [0, 0.1) is 0 Å². The topological polar surface area (TPSA) is 68.2 Å². The van der Waals surface area contributed by atoms with Gasteiger partial charge < -0.3 is 15.1 Å². The highest BCUT2D eigenvalue weighted by Crippen LogP contribution is 2.14. The molecule has 0 aliphatic rings. The molecule has 0 aliphatic carbocycles. The van der Waals surface area contributed by atoms with E-state index in [1.54, 1.807) is 12.5 Å². The molecule has 2 rings (SSSR count). The van der Waals surface area contributed by atoms with Crippen LogP contribution >= 0.6 is 0 Å². The fraction of sp³-hybridized carbons (Fsp3) is 0.273. The normalized spacial score (nSPS) is 10.3. The lowest BCUT2D eigenvalue weighted by molar-refractivity contribution is 0.503. The molecule has 0 amide bonds. The molecule has 2 heterocycles. The summed E-state index contributed by atoms with van der Waals surface area (Å²) in [5, 5.41) is 0. The Labute approximate surface area is 93.9 Å². The van der Waals surface area contributed by atoms with Gasteiger partial charge in [-0.2, -0.15) is 0 Å². The fourth-order valence-corrected chi connectivity index (χ4v) is 1.47. The SMILES string of the molecule is CCN(Cc1ccco1)c1cncc(N)n1. The summed E-state index contributed by atoms with van der Waals surface area (Å²) in [6, 6.07) is 3.80. The first-order valence-electron chi connectivity index (χ1n) is 5.14. The molecular weight excluding hydrogens is 204 g/mol. The van der Waals surface area contributed by atoms with Crippen molar-refractivity contribution in [3.05, 3.63) is 36.5 Å². The Kier molecular flexibility index (Phi) is 3.05. The van der Waals surface area contributed by atoms with Crippen molar-refractivity contribution in [2.75, 3.05) is 17.2 Å². The van der Waals surface area contributed by atoms with Gasteiger partial charge in [0.15, 0.2) is 0 Å². The molecule has 0 bridgehead atoms.